The Morgan fingerprint density at radius 3 is 2.56 bits per heavy atom. The highest BCUT2D eigenvalue weighted by Crippen LogP contribution is 2.13. The van der Waals surface area contributed by atoms with E-state index in [0.717, 1.165) is 38.9 Å². The Morgan fingerprint density at radius 1 is 1.25 bits per heavy atom. The van der Waals surface area contributed by atoms with E-state index in [9.17, 15) is 4.79 Å². The molecule has 0 aromatic heterocycles. The molecule has 0 unspecified atom stereocenters. The van der Waals surface area contributed by atoms with Crippen molar-refractivity contribution in [3.8, 4) is 0 Å². The van der Waals surface area contributed by atoms with Gasteiger partial charge in [-0.2, -0.15) is 0 Å². The molecule has 1 aliphatic heterocycles. The highest BCUT2D eigenvalue weighted by molar-refractivity contribution is 5.48. The van der Waals surface area contributed by atoms with Crippen LogP contribution in [-0.4, -0.2) is 30.4 Å². The summed E-state index contributed by atoms with van der Waals surface area (Å²) in [5.74, 6) is 0. The molecule has 1 aliphatic rings. The molecule has 1 amide bonds. The Morgan fingerprint density at radius 2 is 1.94 bits per heavy atom. The first-order chi connectivity index (χ1) is 7.90. The van der Waals surface area contributed by atoms with Crippen LogP contribution in [0, 0.1) is 0 Å². The summed E-state index contributed by atoms with van der Waals surface area (Å²) in [5.41, 5.74) is 1.20. The van der Waals surface area contributed by atoms with Gasteiger partial charge in [0.1, 0.15) is 0 Å². The number of carbonyl (C=O) groups excluding carboxylic acids is 1. The van der Waals surface area contributed by atoms with Gasteiger partial charge in [-0.05, 0) is 31.5 Å². The first kappa shape index (κ1) is 11.1. The maximum absolute atomic E-state index is 11.1. The molecule has 1 heterocycles. The third kappa shape index (κ3) is 2.83. The smallest absolute Gasteiger partial charge is 0.210 e. The Labute approximate surface area is 96.5 Å². The van der Waals surface area contributed by atoms with E-state index < -0.39 is 0 Å². The van der Waals surface area contributed by atoms with Gasteiger partial charge in [0.15, 0.2) is 0 Å². The van der Waals surface area contributed by atoms with Crippen LogP contribution in [0.2, 0.25) is 0 Å². The van der Waals surface area contributed by atoms with E-state index in [1.165, 1.54) is 5.56 Å². The maximum Gasteiger partial charge on any atom is 0.210 e. The van der Waals surface area contributed by atoms with Gasteiger partial charge in [0.05, 0.1) is 0 Å². The molecule has 3 nitrogen and oxygen atoms in total. The molecule has 86 valence electrons. The lowest BCUT2D eigenvalue weighted by Crippen LogP contribution is -2.42. The minimum absolute atomic E-state index is 0.402. The van der Waals surface area contributed by atoms with Crippen LogP contribution in [0.3, 0.4) is 0 Å². The number of nitrogens with one attached hydrogen (secondary N) is 1. The second kappa shape index (κ2) is 5.66. The molecule has 1 aromatic carbocycles. The predicted octanol–water partition coefficient (Wildman–Crippen LogP) is 1.40. The van der Waals surface area contributed by atoms with Gasteiger partial charge in [0.25, 0.3) is 0 Å². The van der Waals surface area contributed by atoms with E-state index in [-0.39, 0.29) is 0 Å². The molecule has 1 saturated heterocycles. The first-order valence-corrected chi connectivity index (χ1v) is 5.86. The molecule has 0 aliphatic carbocycles. The van der Waals surface area contributed by atoms with Gasteiger partial charge >= 0.3 is 0 Å². The second-order valence-electron chi connectivity index (χ2n) is 4.24. The summed E-state index contributed by atoms with van der Waals surface area (Å²) in [6, 6.07) is 10.6. The van der Waals surface area contributed by atoms with Crippen molar-refractivity contribution in [1.29, 1.82) is 0 Å². The molecule has 3 heteroatoms. The van der Waals surface area contributed by atoms with Crippen LogP contribution in [0.15, 0.2) is 30.3 Å². The average Bonchev–Trinajstić information content (AvgIpc) is 2.38. The lowest BCUT2D eigenvalue weighted by molar-refractivity contribution is -0.121. The van der Waals surface area contributed by atoms with Crippen LogP contribution >= 0.6 is 0 Å². The minimum Gasteiger partial charge on any atom is -0.338 e. The maximum atomic E-state index is 11.1. The first-order valence-electron chi connectivity index (χ1n) is 5.86. The molecule has 1 fully saturated rings. The van der Waals surface area contributed by atoms with Gasteiger partial charge in [-0.1, -0.05) is 30.3 Å². The van der Waals surface area contributed by atoms with E-state index >= 15 is 0 Å². The van der Waals surface area contributed by atoms with Crippen molar-refractivity contribution in [2.45, 2.75) is 25.4 Å². The lowest BCUT2D eigenvalue weighted by atomic mass is 10.0. The van der Waals surface area contributed by atoms with Crippen molar-refractivity contribution in [2.75, 3.05) is 13.1 Å². The van der Waals surface area contributed by atoms with E-state index in [1.807, 2.05) is 23.1 Å². The standard InChI is InChI=1S/C13H18N2O/c16-11-15(13-6-8-14-9-7-13)10-12-4-2-1-3-5-12/h1-5,11,13-14H,6-10H2. The number of hydrogen-bond donors (Lipinski definition) is 1. The molecule has 16 heavy (non-hydrogen) atoms. The number of piperidine rings is 1. The number of carbonyl (C=O) groups is 1. The zero-order valence-corrected chi connectivity index (χ0v) is 9.43. The van der Waals surface area contributed by atoms with Crippen LogP contribution in [0.1, 0.15) is 18.4 Å². The Balaban J connectivity index is 1.97. The molecule has 0 spiro atoms. The van der Waals surface area contributed by atoms with E-state index in [4.69, 9.17) is 0 Å². The zero-order chi connectivity index (χ0) is 11.2. The van der Waals surface area contributed by atoms with Gasteiger partial charge in [0, 0.05) is 12.6 Å². The van der Waals surface area contributed by atoms with Crippen molar-refractivity contribution < 1.29 is 4.79 Å². The van der Waals surface area contributed by atoms with Crippen molar-refractivity contribution in [2.24, 2.45) is 0 Å². The molecule has 0 radical (unpaired) electrons. The van der Waals surface area contributed by atoms with Gasteiger partial charge in [-0.15, -0.1) is 0 Å². The number of amides is 1. The van der Waals surface area contributed by atoms with Gasteiger partial charge < -0.3 is 10.2 Å². The van der Waals surface area contributed by atoms with Crippen LogP contribution in [0.5, 0.6) is 0 Å². The molecule has 1 N–H and O–H groups in total. The normalized spacial score (nSPS) is 17.0. The zero-order valence-electron chi connectivity index (χ0n) is 9.43. The Kier molecular flexibility index (Phi) is 3.94. The average molecular weight is 218 g/mol. The van der Waals surface area contributed by atoms with E-state index in [2.05, 4.69) is 17.4 Å². The number of benzene rings is 1. The molecule has 2 rings (SSSR count). The molecule has 0 atom stereocenters. The van der Waals surface area contributed by atoms with Crippen LogP contribution < -0.4 is 5.32 Å². The van der Waals surface area contributed by atoms with Crippen LogP contribution in [-0.2, 0) is 11.3 Å². The summed E-state index contributed by atoms with van der Waals surface area (Å²) in [5, 5.41) is 3.31. The summed E-state index contributed by atoms with van der Waals surface area (Å²) in [6.07, 6.45) is 3.11. The summed E-state index contributed by atoms with van der Waals surface area (Å²) < 4.78 is 0. The minimum atomic E-state index is 0.402. The molecular weight excluding hydrogens is 200 g/mol. The Hall–Kier alpha value is -1.35. The summed E-state index contributed by atoms with van der Waals surface area (Å²) in [4.78, 5) is 13.0. The Bertz CT molecular complexity index is 320. The number of hydrogen-bond acceptors (Lipinski definition) is 2. The monoisotopic (exact) mass is 218 g/mol. The highest BCUT2D eigenvalue weighted by Gasteiger charge is 2.19. The van der Waals surface area contributed by atoms with Gasteiger partial charge in [-0.25, -0.2) is 0 Å². The van der Waals surface area contributed by atoms with E-state index in [1.54, 1.807) is 0 Å². The van der Waals surface area contributed by atoms with Crippen LogP contribution in [0.25, 0.3) is 0 Å². The molecule has 0 saturated carbocycles. The van der Waals surface area contributed by atoms with Crippen molar-refractivity contribution in [3.05, 3.63) is 35.9 Å². The van der Waals surface area contributed by atoms with Gasteiger partial charge in [0.2, 0.25) is 6.41 Å². The van der Waals surface area contributed by atoms with Crippen molar-refractivity contribution >= 4 is 6.41 Å². The number of rotatable bonds is 4. The third-order valence-corrected chi connectivity index (χ3v) is 3.12. The summed E-state index contributed by atoms with van der Waals surface area (Å²) >= 11 is 0. The third-order valence-electron chi connectivity index (χ3n) is 3.12. The number of nitrogens with zero attached hydrogens (tertiary/aromatic N) is 1. The van der Waals surface area contributed by atoms with Gasteiger partial charge in [-0.3, -0.25) is 4.79 Å². The molecule has 0 bridgehead atoms. The fourth-order valence-electron chi connectivity index (χ4n) is 2.19. The molecular formula is C13H18N2O. The SMILES string of the molecule is O=CN(Cc1ccccc1)C1CCNCC1. The largest absolute Gasteiger partial charge is 0.338 e. The van der Waals surface area contributed by atoms with E-state index in [0.29, 0.717) is 6.04 Å². The topological polar surface area (TPSA) is 32.3 Å². The fourth-order valence-corrected chi connectivity index (χ4v) is 2.19. The van der Waals surface area contributed by atoms with Crippen LogP contribution in [0.4, 0.5) is 0 Å². The summed E-state index contributed by atoms with van der Waals surface area (Å²) in [6.45, 7) is 2.77. The highest BCUT2D eigenvalue weighted by atomic mass is 16.1. The fraction of sp³-hybridized carbons (Fsp3) is 0.462. The second-order valence-corrected chi connectivity index (χ2v) is 4.24. The molecule has 1 aromatic rings. The van der Waals surface area contributed by atoms with Crippen molar-refractivity contribution in [3.63, 3.8) is 0 Å². The summed E-state index contributed by atoms with van der Waals surface area (Å²) in [7, 11) is 0. The lowest BCUT2D eigenvalue weighted by Gasteiger charge is -2.31. The quantitative estimate of drug-likeness (QED) is 0.775. The predicted molar refractivity (Wildman–Crippen MR) is 63.9 cm³/mol. The van der Waals surface area contributed by atoms with Crippen molar-refractivity contribution in [1.82, 2.24) is 10.2 Å².